The molecule has 0 aliphatic carbocycles. The van der Waals surface area contributed by atoms with Crippen molar-refractivity contribution in [2.75, 3.05) is 0 Å². The van der Waals surface area contributed by atoms with E-state index in [9.17, 15) is 0 Å². The summed E-state index contributed by atoms with van der Waals surface area (Å²) in [6.07, 6.45) is 9.05. The first-order valence-corrected chi connectivity index (χ1v) is 6.78. The number of rotatable bonds is 10. The third-order valence-corrected chi connectivity index (χ3v) is 2.57. The molecule has 110 valence electrons. The molecule has 0 fully saturated rings. The van der Waals surface area contributed by atoms with Crippen molar-refractivity contribution in [3.05, 3.63) is 0 Å². The first kappa shape index (κ1) is 19.5. The second kappa shape index (κ2) is 16.2. The molecule has 0 radical (unpaired) electrons. The highest BCUT2D eigenvalue weighted by Crippen LogP contribution is 2.10. The van der Waals surface area contributed by atoms with Gasteiger partial charge in [0, 0.05) is 0 Å². The first-order chi connectivity index (χ1) is 8.50. The zero-order valence-electron chi connectivity index (χ0n) is 11.3. The summed E-state index contributed by atoms with van der Waals surface area (Å²) in [5.41, 5.74) is 0. The molecule has 0 aromatic rings. The maximum Gasteiger partial charge on any atom is 0.503 e. The van der Waals surface area contributed by atoms with Crippen LogP contribution < -0.4 is 0 Å². The largest absolute Gasteiger partial charge is 0.503 e. The molecule has 0 aliphatic rings. The van der Waals surface area contributed by atoms with Crippen molar-refractivity contribution in [3.63, 3.8) is 0 Å². The summed E-state index contributed by atoms with van der Waals surface area (Å²) in [5.74, 6) is 0. The molecule has 0 aromatic carbocycles. The van der Waals surface area contributed by atoms with Crippen LogP contribution in [0.1, 0.15) is 71.1 Å². The predicted octanol–water partition coefficient (Wildman–Crippen LogP) is 3.44. The molecule has 0 bridgehead atoms. The van der Waals surface area contributed by atoms with E-state index in [0.717, 1.165) is 12.8 Å². The number of aliphatic hydroxyl groups is 2. The minimum absolute atomic E-state index is 0.538. The summed E-state index contributed by atoms with van der Waals surface area (Å²) in [6.45, 7) is 2.24. The van der Waals surface area contributed by atoms with Crippen LogP contribution in [-0.4, -0.2) is 32.9 Å². The Morgan fingerprint density at radius 2 is 1.17 bits per heavy atom. The van der Waals surface area contributed by atoms with Crippen LogP contribution in [0.25, 0.3) is 0 Å². The van der Waals surface area contributed by atoms with Crippen LogP contribution in [0.15, 0.2) is 0 Å². The molecule has 0 saturated heterocycles. The summed E-state index contributed by atoms with van der Waals surface area (Å²) in [7, 11) is 0. The van der Waals surface area contributed by atoms with Crippen LogP contribution in [0.5, 0.6) is 0 Å². The summed E-state index contributed by atoms with van der Waals surface area (Å²) >= 11 is 0. The van der Waals surface area contributed by atoms with Gasteiger partial charge in [0.05, 0.1) is 0 Å². The van der Waals surface area contributed by atoms with Crippen molar-refractivity contribution >= 4 is 6.16 Å². The lowest BCUT2D eigenvalue weighted by Crippen LogP contribution is -2.02. The SMILES string of the molecule is CCCCCCCCCCCC(O)O.O=C(O)O. The van der Waals surface area contributed by atoms with Crippen LogP contribution in [0.4, 0.5) is 4.79 Å². The highest BCUT2D eigenvalue weighted by molar-refractivity contribution is 5.53. The third-order valence-electron chi connectivity index (χ3n) is 2.57. The Morgan fingerprint density at radius 3 is 1.50 bits per heavy atom. The van der Waals surface area contributed by atoms with Crippen molar-refractivity contribution in [3.8, 4) is 0 Å². The Hall–Kier alpha value is -0.810. The van der Waals surface area contributed by atoms with Gasteiger partial charge in [0.2, 0.25) is 0 Å². The molecule has 0 atom stereocenters. The van der Waals surface area contributed by atoms with Crippen LogP contribution in [0.2, 0.25) is 0 Å². The van der Waals surface area contributed by atoms with Gasteiger partial charge in [-0.3, -0.25) is 0 Å². The molecule has 18 heavy (non-hydrogen) atoms. The molecular formula is C13H28O5. The van der Waals surface area contributed by atoms with Crippen molar-refractivity contribution in [1.82, 2.24) is 0 Å². The molecule has 0 heterocycles. The van der Waals surface area contributed by atoms with Gasteiger partial charge in [-0.15, -0.1) is 0 Å². The minimum Gasteiger partial charge on any atom is -0.450 e. The molecule has 5 heteroatoms. The Balaban J connectivity index is 0. The molecule has 0 aliphatic heterocycles. The van der Waals surface area contributed by atoms with Gasteiger partial charge in [-0.1, -0.05) is 58.3 Å². The third kappa shape index (κ3) is 29.5. The summed E-state index contributed by atoms with van der Waals surface area (Å²) < 4.78 is 0. The predicted molar refractivity (Wildman–Crippen MR) is 70.7 cm³/mol. The van der Waals surface area contributed by atoms with E-state index in [1.807, 2.05) is 0 Å². The maximum absolute atomic E-state index is 8.61. The molecule has 4 N–H and O–H groups in total. The van der Waals surface area contributed by atoms with Crippen LogP contribution in [-0.2, 0) is 0 Å². The van der Waals surface area contributed by atoms with Crippen LogP contribution in [0.3, 0.4) is 0 Å². The van der Waals surface area contributed by atoms with E-state index in [1.165, 1.54) is 44.9 Å². The second-order valence-corrected chi connectivity index (χ2v) is 4.38. The molecule has 0 rings (SSSR count). The lowest BCUT2D eigenvalue weighted by Gasteiger charge is -2.03. The highest BCUT2D eigenvalue weighted by Gasteiger charge is 1.96. The van der Waals surface area contributed by atoms with Gasteiger partial charge in [0.1, 0.15) is 0 Å². The molecule has 0 unspecified atom stereocenters. The fraction of sp³-hybridized carbons (Fsp3) is 0.923. The normalized spacial score (nSPS) is 10.0. The van der Waals surface area contributed by atoms with E-state index in [-0.39, 0.29) is 0 Å². The van der Waals surface area contributed by atoms with Crippen LogP contribution in [0, 0.1) is 0 Å². The Kier molecular flexibility index (Phi) is 17.6. The van der Waals surface area contributed by atoms with Crippen molar-refractivity contribution < 1.29 is 25.2 Å². The molecular weight excluding hydrogens is 236 g/mol. The minimum atomic E-state index is -1.83. The average Bonchev–Trinajstić information content (AvgIpc) is 2.26. The fourth-order valence-corrected chi connectivity index (χ4v) is 1.64. The lowest BCUT2D eigenvalue weighted by atomic mass is 10.1. The molecule has 5 nitrogen and oxygen atoms in total. The van der Waals surface area contributed by atoms with Gasteiger partial charge in [-0.2, -0.15) is 0 Å². The Bertz CT molecular complexity index is 167. The van der Waals surface area contributed by atoms with Crippen molar-refractivity contribution in [2.24, 2.45) is 0 Å². The van der Waals surface area contributed by atoms with Gasteiger partial charge < -0.3 is 20.4 Å². The van der Waals surface area contributed by atoms with E-state index >= 15 is 0 Å². The molecule has 0 amide bonds. The van der Waals surface area contributed by atoms with E-state index in [1.54, 1.807) is 0 Å². The van der Waals surface area contributed by atoms with Gasteiger partial charge >= 0.3 is 6.16 Å². The van der Waals surface area contributed by atoms with E-state index < -0.39 is 12.4 Å². The summed E-state index contributed by atoms with van der Waals surface area (Å²) in [4.78, 5) is 8.56. The van der Waals surface area contributed by atoms with E-state index in [4.69, 9.17) is 25.2 Å². The highest BCUT2D eigenvalue weighted by atomic mass is 16.6. The van der Waals surface area contributed by atoms with E-state index in [0.29, 0.717) is 6.42 Å². The van der Waals surface area contributed by atoms with Crippen molar-refractivity contribution in [2.45, 2.75) is 77.4 Å². The number of carbonyl (C=O) groups is 1. The molecule has 0 spiro atoms. The maximum atomic E-state index is 8.61. The number of carboxylic acid groups (broad SMARTS) is 2. The lowest BCUT2D eigenvalue weighted by molar-refractivity contribution is -0.0466. The average molecular weight is 264 g/mol. The second-order valence-electron chi connectivity index (χ2n) is 4.38. The molecule has 0 aromatic heterocycles. The Labute approximate surface area is 109 Å². The number of unbranched alkanes of at least 4 members (excludes halogenated alkanes) is 8. The first-order valence-electron chi connectivity index (χ1n) is 6.78. The standard InChI is InChI=1S/C12H26O2.CH2O3/c1-2-3-4-5-6-7-8-9-10-11-12(13)14;2-1(3)4/h12-14H,2-11H2,1H3;(H2,2,3,4). The number of aliphatic hydroxyl groups excluding tert-OH is 1. The number of hydrogen-bond acceptors (Lipinski definition) is 3. The van der Waals surface area contributed by atoms with Gasteiger partial charge in [0.15, 0.2) is 6.29 Å². The smallest absolute Gasteiger partial charge is 0.450 e. The summed E-state index contributed by atoms with van der Waals surface area (Å²) in [6, 6.07) is 0. The topological polar surface area (TPSA) is 98.0 Å². The van der Waals surface area contributed by atoms with Crippen LogP contribution >= 0.6 is 0 Å². The fourth-order valence-electron chi connectivity index (χ4n) is 1.64. The quantitative estimate of drug-likeness (QED) is 0.358. The Morgan fingerprint density at radius 1 is 0.833 bits per heavy atom. The zero-order valence-corrected chi connectivity index (χ0v) is 11.3. The van der Waals surface area contributed by atoms with Gasteiger partial charge in [0.25, 0.3) is 0 Å². The monoisotopic (exact) mass is 264 g/mol. The zero-order chi connectivity index (χ0) is 14.2. The van der Waals surface area contributed by atoms with Gasteiger partial charge in [-0.05, 0) is 12.8 Å². The van der Waals surface area contributed by atoms with Crippen molar-refractivity contribution in [1.29, 1.82) is 0 Å². The van der Waals surface area contributed by atoms with Gasteiger partial charge in [-0.25, -0.2) is 4.79 Å². The summed E-state index contributed by atoms with van der Waals surface area (Å²) in [5, 5.41) is 31.2. The molecule has 0 saturated carbocycles. The van der Waals surface area contributed by atoms with E-state index in [2.05, 4.69) is 6.92 Å². The number of hydrogen-bond donors (Lipinski definition) is 4.